The average molecular weight is 506 g/mol. The number of nitrogens with two attached hydrogens (primary N) is 1. The molecule has 0 spiro atoms. The van der Waals surface area contributed by atoms with Crippen LogP contribution in [-0.4, -0.2) is 59.3 Å². The largest absolute Gasteiger partial charge is 0.496 e. The van der Waals surface area contributed by atoms with Crippen LogP contribution < -0.4 is 21.2 Å². The number of nitrogens with zero attached hydrogens (tertiary/aromatic N) is 2. The fourth-order valence-electron chi connectivity index (χ4n) is 4.42. The van der Waals surface area contributed by atoms with Crippen molar-refractivity contribution < 1.29 is 23.9 Å². The highest BCUT2D eigenvalue weighted by Crippen LogP contribution is 2.33. The van der Waals surface area contributed by atoms with Gasteiger partial charge in [0.1, 0.15) is 23.4 Å². The first kappa shape index (κ1) is 26.3. The van der Waals surface area contributed by atoms with Crippen LogP contribution in [0.2, 0.25) is 0 Å². The number of carbonyl (C=O) groups is 4. The maximum Gasteiger partial charge on any atom is 0.265 e. The summed E-state index contributed by atoms with van der Waals surface area (Å²) in [6.07, 6.45) is 1.74. The van der Waals surface area contributed by atoms with E-state index in [1.807, 2.05) is 13.8 Å². The van der Waals surface area contributed by atoms with E-state index in [9.17, 15) is 19.2 Å². The number of alkyl halides is 1. The maximum absolute atomic E-state index is 13.7. The topological polar surface area (TPSA) is 136 Å². The molecule has 0 saturated carbocycles. The molecule has 0 radical (unpaired) electrons. The van der Waals surface area contributed by atoms with Gasteiger partial charge in [-0.15, -0.1) is 11.6 Å². The van der Waals surface area contributed by atoms with Gasteiger partial charge in [0.15, 0.2) is 0 Å². The van der Waals surface area contributed by atoms with Gasteiger partial charge in [-0.2, -0.15) is 0 Å². The van der Waals surface area contributed by atoms with Crippen molar-refractivity contribution in [2.75, 3.05) is 26.1 Å². The number of ether oxygens (including phenoxy) is 1. The van der Waals surface area contributed by atoms with Crippen molar-refractivity contribution in [3.63, 3.8) is 0 Å². The van der Waals surface area contributed by atoms with Crippen LogP contribution in [0.4, 0.5) is 0 Å². The quantitative estimate of drug-likeness (QED) is 0.353. The average Bonchev–Trinajstić information content (AvgIpc) is 3.22. The molecule has 0 bridgehead atoms. The van der Waals surface area contributed by atoms with Crippen molar-refractivity contribution in [3.05, 3.63) is 30.0 Å². The molecular formula is C24H32ClN5O5. The van der Waals surface area contributed by atoms with Crippen LogP contribution in [0.3, 0.4) is 0 Å². The van der Waals surface area contributed by atoms with Gasteiger partial charge in [-0.1, -0.05) is 19.9 Å². The Morgan fingerprint density at radius 2 is 2.09 bits per heavy atom. The minimum Gasteiger partial charge on any atom is -0.496 e. The van der Waals surface area contributed by atoms with Gasteiger partial charge < -0.3 is 20.4 Å². The third-order valence-corrected chi connectivity index (χ3v) is 6.32. The number of hydrogen-bond donors (Lipinski definition) is 3. The molecule has 2 aromatic rings. The highest BCUT2D eigenvalue weighted by molar-refractivity contribution is 6.27. The highest BCUT2D eigenvalue weighted by Gasteiger charge is 2.32. The summed E-state index contributed by atoms with van der Waals surface area (Å²) in [6, 6.07) is 6.03. The molecule has 1 fully saturated rings. The van der Waals surface area contributed by atoms with Crippen LogP contribution >= 0.6 is 11.6 Å². The lowest BCUT2D eigenvalue weighted by atomic mass is 9.98. The highest BCUT2D eigenvalue weighted by atomic mass is 35.5. The molecule has 2 atom stereocenters. The van der Waals surface area contributed by atoms with E-state index in [4.69, 9.17) is 22.1 Å². The summed E-state index contributed by atoms with van der Waals surface area (Å²) >= 11 is 5.80. The third kappa shape index (κ3) is 5.87. The number of amides is 4. The fourth-order valence-corrected chi connectivity index (χ4v) is 4.57. The second kappa shape index (κ2) is 11.4. The van der Waals surface area contributed by atoms with E-state index in [-0.39, 0.29) is 29.9 Å². The Morgan fingerprint density at radius 1 is 1.34 bits per heavy atom. The zero-order valence-corrected chi connectivity index (χ0v) is 20.9. The lowest BCUT2D eigenvalue weighted by Gasteiger charge is -2.31. The van der Waals surface area contributed by atoms with E-state index in [0.29, 0.717) is 36.0 Å². The Hall–Kier alpha value is -3.27. The molecule has 1 saturated heterocycles. The number of primary amides is 1. The monoisotopic (exact) mass is 505 g/mol. The first-order valence-corrected chi connectivity index (χ1v) is 12.1. The third-order valence-electron chi connectivity index (χ3n) is 6.09. The Morgan fingerprint density at radius 3 is 2.69 bits per heavy atom. The van der Waals surface area contributed by atoms with Gasteiger partial charge in [0.2, 0.25) is 5.91 Å². The Kier molecular flexibility index (Phi) is 8.61. The normalized spacial score (nSPS) is 16.6. The van der Waals surface area contributed by atoms with Crippen LogP contribution in [0, 0.1) is 11.8 Å². The molecule has 1 aromatic heterocycles. The fraction of sp³-hybridized carbons (Fsp3) is 0.500. The van der Waals surface area contributed by atoms with E-state index >= 15 is 0 Å². The molecule has 0 unspecified atom stereocenters. The summed E-state index contributed by atoms with van der Waals surface area (Å²) in [5, 5.41) is 4.52. The molecule has 4 N–H and O–H groups in total. The minimum absolute atomic E-state index is 0.000447. The number of methoxy groups -OCH3 is 1. The van der Waals surface area contributed by atoms with Gasteiger partial charge in [0.25, 0.3) is 17.7 Å². The van der Waals surface area contributed by atoms with Gasteiger partial charge >= 0.3 is 0 Å². The van der Waals surface area contributed by atoms with Gasteiger partial charge in [0, 0.05) is 11.9 Å². The molecule has 11 heteroatoms. The van der Waals surface area contributed by atoms with Gasteiger partial charge in [-0.05, 0) is 43.4 Å². The number of halogens is 1. The van der Waals surface area contributed by atoms with Crippen LogP contribution in [0.1, 0.15) is 49.6 Å². The molecule has 0 aliphatic carbocycles. The van der Waals surface area contributed by atoms with Crippen molar-refractivity contribution >= 4 is 46.1 Å². The number of benzene rings is 1. The van der Waals surface area contributed by atoms with Gasteiger partial charge in [0.05, 0.1) is 25.1 Å². The van der Waals surface area contributed by atoms with Crippen molar-refractivity contribution in [1.29, 1.82) is 0 Å². The Bertz CT molecular complexity index is 1120. The van der Waals surface area contributed by atoms with Crippen LogP contribution in [-0.2, 0) is 14.4 Å². The predicted molar refractivity (Wildman–Crippen MR) is 132 cm³/mol. The molecule has 3 rings (SSSR count). The summed E-state index contributed by atoms with van der Waals surface area (Å²) < 4.78 is 7.02. The van der Waals surface area contributed by atoms with E-state index in [1.165, 1.54) is 7.11 Å². The number of piperidine rings is 1. The van der Waals surface area contributed by atoms with Gasteiger partial charge in [-0.3, -0.25) is 29.6 Å². The molecule has 4 amide bonds. The zero-order chi connectivity index (χ0) is 25.7. The number of carbonyl (C=O) groups excluding carboxylic acids is 4. The molecule has 1 aromatic carbocycles. The molecule has 190 valence electrons. The second-order valence-electron chi connectivity index (χ2n) is 9.05. The number of hydrazine groups is 1. The number of hydrogen-bond acceptors (Lipinski definition) is 5. The smallest absolute Gasteiger partial charge is 0.265 e. The molecule has 2 heterocycles. The van der Waals surface area contributed by atoms with Crippen LogP contribution in [0.15, 0.2) is 24.3 Å². The zero-order valence-electron chi connectivity index (χ0n) is 20.2. The summed E-state index contributed by atoms with van der Waals surface area (Å²) in [6.45, 7) is 4.48. The first-order chi connectivity index (χ1) is 16.7. The van der Waals surface area contributed by atoms with Crippen molar-refractivity contribution in [1.82, 2.24) is 20.3 Å². The van der Waals surface area contributed by atoms with E-state index < -0.39 is 29.7 Å². The summed E-state index contributed by atoms with van der Waals surface area (Å²) in [4.78, 5) is 50.9. The van der Waals surface area contributed by atoms with Crippen molar-refractivity contribution in [2.45, 2.75) is 39.2 Å². The molecule has 1 aliphatic heterocycles. The SMILES string of the molecule is COc1cccc2c1cc(C(N)=O)n2[C@@H](CC(C)C)C(=O)NN(C[C@@H]1CCCNC1=O)C(=O)CCl. The molecule has 10 nitrogen and oxygen atoms in total. The molecule has 35 heavy (non-hydrogen) atoms. The maximum atomic E-state index is 13.7. The molecular weight excluding hydrogens is 474 g/mol. The summed E-state index contributed by atoms with van der Waals surface area (Å²) in [5.74, 6) is -2.14. The van der Waals surface area contributed by atoms with Crippen LogP contribution in [0.5, 0.6) is 5.75 Å². The number of aromatic nitrogens is 1. The standard InChI is InChI=1S/C24H32ClN5O5/c1-14(2)10-19(30-17-7-4-8-20(35-3)16(17)11-18(30)22(26)32)24(34)28-29(21(31)12-25)13-15-6-5-9-27-23(15)33/h4,7-8,11,14-15,19H,5-6,9-10,12-13H2,1-3H3,(H2,26,32)(H,27,33)(H,28,34)/t15-,19-/m0/s1. The van der Waals surface area contributed by atoms with Crippen molar-refractivity contribution in [3.8, 4) is 5.75 Å². The Balaban J connectivity index is 2.01. The lowest BCUT2D eigenvalue weighted by molar-refractivity contribution is -0.143. The van der Waals surface area contributed by atoms with Gasteiger partial charge in [-0.25, -0.2) is 0 Å². The first-order valence-electron chi connectivity index (χ1n) is 11.6. The van der Waals surface area contributed by atoms with E-state index in [1.54, 1.807) is 28.8 Å². The predicted octanol–water partition coefficient (Wildman–Crippen LogP) is 1.96. The van der Waals surface area contributed by atoms with E-state index in [2.05, 4.69) is 10.7 Å². The molecule has 1 aliphatic rings. The number of nitrogens with one attached hydrogen (secondary N) is 2. The Labute approximate surface area is 209 Å². The summed E-state index contributed by atoms with van der Waals surface area (Å²) in [7, 11) is 1.52. The van der Waals surface area contributed by atoms with Crippen LogP contribution in [0.25, 0.3) is 10.9 Å². The minimum atomic E-state index is -0.868. The second-order valence-corrected chi connectivity index (χ2v) is 9.31. The number of fused-ring (bicyclic) bond motifs is 1. The van der Waals surface area contributed by atoms with E-state index in [0.717, 1.165) is 11.4 Å². The number of rotatable bonds is 9. The van der Waals surface area contributed by atoms with Crippen molar-refractivity contribution in [2.24, 2.45) is 17.6 Å². The lowest BCUT2D eigenvalue weighted by Crippen LogP contribution is -2.53. The summed E-state index contributed by atoms with van der Waals surface area (Å²) in [5.41, 5.74) is 9.10.